The number of aryl methyl sites for hydroxylation is 2. The number of nitrogens with one attached hydrogen (secondary N) is 2. The van der Waals surface area contributed by atoms with Gasteiger partial charge in [-0.1, -0.05) is 50.1 Å². The molecule has 6 heteroatoms. The van der Waals surface area contributed by atoms with Crippen molar-refractivity contribution in [2.45, 2.75) is 71.4 Å². The van der Waals surface area contributed by atoms with Gasteiger partial charge < -0.3 is 15.0 Å². The van der Waals surface area contributed by atoms with E-state index < -0.39 is 0 Å². The Bertz CT molecular complexity index is 1060. The van der Waals surface area contributed by atoms with Crippen LogP contribution in [0, 0.1) is 19.8 Å². The number of carbonyl (C=O) groups is 1. The number of allylic oxidation sites excluding steroid dienone is 2. The molecular formula is C30H42N4O2. The first-order chi connectivity index (χ1) is 17.4. The van der Waals surface area contributed by atoms with Crippen LogP contribution >= 0.6 is 0 Å². The van der Waals surface area contributed by atoms with E-state index in [0.29, 0.717) is 18.4 Å². The molecule has 4 rings (SSSR count). The van der Waals surface area contributed by atoms with Gasteiger partial charge in [0.15, 0.2) is 5.84 Å². The third kappa shape index (κ3) is 6.09. The van der Waals surface area contributed by atoms with Gasteiger partial charge in [0.1, 0.15) is 6.17 Å². The molecule has 1 aromatic carbocycles. The highest BCUT2D eigenvalue weighted by Crippen LogP contribution is 2.35. The summed E-state index contributed by atoms with van der Waals surface area (Å²) in [6, 6.07) is 6.82. The van der Waals surface area contributed by atoms with Crippen molar-refractivity contribution in [3.8, 4) is 0 Å². The highest BCUT2D eigenvalue weighted by atomic mass is 16.5. The van der Waals surface area contributed by atoms with E-state index in [0.717, 1.165) is 54.9 Å². The number of hydrogen-bond acceptors (Lipinski definition) is 5. The largest absolute Gasteiger partial charge is 0.381 e. The molecule has 2 fully saturated rings. The Morgan fingerprint density at radius 1 is 1.19 bits per heavy atom. The number of methoxy groups -OCH3 is 1. The number of benzene rings is 1. The highest BCUT2D eigenvalue weighted by Gasteiger charge is 2.30. The molecule has 3 aliphatic rings. The first-order valence-corrected chi connectivity index (χ1v) is 13.4. The maximum absolute atomic E-state index is 13.9. The predicted octanol–water partition coefficient (Wildman–Crippen LogP) is 5.11. The summed E-state index contributed by atoms with van der Waals surface area (Å²) in [7, 11) is 1.67. The zero-order valence-corrected chi connectivity index (χ0v) is 22.4. The smallest absolute Gasteiger partial charge is 0.249 e. The third-order valence-corrected chi connectivity index (χ3v) is 8.07. The molecule has 2 N–H and O–H groups in total. The molecular weight excluding hydrogens is 448 g/mol. The van der Waals surface area contributed by atoms with Gasteiger partial charge in [0, 0.05) is 31.3 Å². The fourth-order valence-electron chi connectivity index (χ4n) is 5.26. The van der Waals surface area contributed by atoms with E-state index in [2.05, 4.69) is 65.4 Å². The molecule has 1 aliphatic carbocycles. The summed E-state index contributed by atoms with van der Waals surface area (Å²) in [5.41, 5.74) is 9.97. The number of rotatable bonds is 9. The molecule has 6 nitrogen and oxygen atoms in total. The lowest BCUT2D eigenvalue weighted by molar-refractivity contribution is -0.128. The summed E-state index contributed by atoms with van der Waals surface area (Å²) in [6.45, 7) is 12.4. The van der Waals surface area contributed by atoms with E-state index in [1.165, 1.54) is 36.0 Å². The molecule has 0 radical (unpaired) electrons. The zero-order valence-electron chi connectivity index (χ0n) is 22.4. The molecule has 1 atom stereocenters. The van der Waals surface area contributed by atoms with E-state index in [1.54, 1.807) is 7.11 Å². The number of likely N-dealkylation sites (tertiary alicyclic amines) is 1. The highest BCUT2D eigenvalue weighted by molar-refractivity contribution is 6.05. The van der Waals surface area contributed by atoms with Crippen molar-refractivity contribution in [1.29, 1.82) is 0 Å². The van der Waals surface area contributed by atoms with Crippen molar-refractivity contribution >= 4 is 11.7 Å². The van der Waals surface area contributed by atoms with Crippen LogP contribution in [0.1, 0.15) is 68.1 Å². The van der Waals surface area contributed by atoms with Crippen LogP contribution in [0.3, 0.4) is 0 Å². The second-order valence-corrected chi connectivity index (χ2v) is 10.6. The molecule has 194 valence electrons. The maximum atomic E-state index is 13.9. The summed E-state index contributed by atoms with van der Waals surface area (Å²) >= 11 is 0. The molecule has 1 unspecified atom stereocenters. The molecule has 0 bridgehead atoms. The van der Waals surface area contributed by atoms with Gasteiger partial charge in [0.05, 0.1) is 6.61 Å². The number of nitrogens with zero attached hydrogens (tertiary/aromatic N) is 2. The van der Waals surface area contributed by atoms with Crippen molar-refractivity contribution in [2.24, 2.45) is 11.0 Å². The molecule has 0 aromatic heterocycles. The van der Waals surface area contributed by atoms with E-state index in [1.807, 2.05) is 13.0 Å². The summed E-state index contributed by atoms with van der Waals surface area (Å²) in [5.74, 6) is 2.03. The Balaban J connectivity index is 1.51. The second-order valence-electron chi connectivity index (χ2n) is 10.6. The molecule has 2 aliphatic heterocycles. The lowest BCUT2D eigenvalue weighted by atomic mass is 9.80. The first kappa shape index (κ1) is 26.2. The summed E-state index contributed by atoms with van der Waals surface area (Å²) < 4.78 is 5.26. The fourth-order valence-corrected chi connectivity index (χ4v) is 5.26. The number of carbonyl (C=O) groups excluding carboxylic acids is 1. The van der Waals surface area contributed by atoms with E-state index in [-0.39, 0.29) is 12.1 Å². The number of amidine groups is 1. The maximum Gasteiger partial charge on any atom is 0.249 e. The number of hydrazone groups is 1. The monoisotopic (exact) mass is 490 g/mol. The van der Waals surface area contributed by atoms with Crippen LogP contribution in [0.4, 0.5) is 0 Å². The molecule has 0 spiro atoms. The Labute approximate surface area is 216 Å². The molecule has 1 saturated carbocycles. The van der Waals surface area contributed by atoms with Gasteiger partial charge in [-0.25, -0.2) is 0 Å². The topological polar surface area (TPSA) is 66.0 Å². The number of ether oxygens (including phenoxy) is 1. The van der Waals surface area contributed by atoms with Crippen LogP contribution in [0.15, 0.2) is 58.8 Å². The predicted molar refractivity (Wildman–Crippen MR) is 147 cm³/mol. The standard InChI is InChI=1S/C30H42N4O2/c1-6-20(2)27(29-31-28(19-36-5)32-33-29)18-26(17-23-8-7-9-23)30(35)34-14-12-24(13-15-34)25-11-10-21(3)22(4)16-25/h6,10-11,16,18,23-24,28,32H,1,7-9,12-15,17,19H2,2-5H3,(H,31,33)/b26-18+,27-20+. The van der Waals surface area contributed by atoms with Crippen LogP contribution < -0.4 is 10.7 Å². The van der Waals surface area contributed by atoms with Crippen LogP contribution in [-0.4, -0.2) is 49.6 Å². The summed E-state index contributed by atoms with van der Waals surface area (Å²) in [5, 5.41) is 7.88. The fraction of sp³-hybridized carbons (Fsp3) is 0.533. The van der Waals surface area contributed by atoms with Crippen LogP contribution in [0.2, 0.25) is 0 Å². The van der Waals surface area contributed by atoms with Crippen LogP contribution in [-0.2, 0) is 9.53 Å². The van der Waals surface area contributed by atoms with Crippen LogP contribution in [0.25, 0.3) is 0 Å². The van der Waals surface area contributed by atoms with Crippen LogP contribution in [0.5, 0.6) is 0 Å². The zero-order chi connectivity index (χ0) is 25.7. The summed E-state index contributed by atoms with van der Waals surface area (Å²) in [6.07, 6.45) is 10.3. The van der Waals surface area contributed by atoms with Crippen molar-refractivity contribution in [3.63, 3.8) is 0 Å². The molecule has 1 saturated heterocycles. The van der Waals surface area contributed by atoms with Gasteiger partial charge in [-0.2, -0.15) is 5.10 Å². The number of piperidine rings is 1. The summed E-state index contributed by atoms with van der Waals surface area (Å²) in [4.78, 5) is 15.9. The van der Waals surface area contributed by atoms with Gasteiger partial charge in [-0.15, -0.1) is 0 Å². The number of amides is 1. The van der Waals surface area contributed by atoms with E-state index >= 15 is 0 Å². The Morgan fingerprint density at radius 2 is 1.94 bits per heavy atom. The van der Waals surface area contributed by atoms with Gasteiger partial charge in [0.2, 0.25) is 5.91 Å². The third-order valence-electron chi connectivity index (χ3n) is 8.07. The normalized spacial score (nSPS) is 21.8. The quantitative estimate of drug-likeness (QED) is 0.373. The molecule has 1 amide bonds. The van der Waals surface area contributed by atoms with Gasteiger partial charge >= 0.3 is 0 Å². The van der Waals surface area contributed by atoms with Crippen molar-refractivity contribution in [1.82, 2.24) is 15.6 Å². The molecule has 2 heterocycles. The Hall–Kier alpha value is -2.86. The lowest BCUT2D eigenvalue weighted by Crippen LogP contribution is -2.40. The second kappa shape index (κ2) is 11.9. The van der Waals surface area contributed by atoms with Gasteiger partial charge in [0.25, 0.3) is 0 Å². The van der Waals surface area contributed by atoms with Gasteiger partial charge in [-0.3, -0.25) is 10.2 Å². The van der Waals surface area contributed by atoms with Crippen molar-refractivity contribution in [2.75, 3.05) is 26.8 Å². The Morgan fingerprint density at radius 3 is 2.56 bits per heavy atom. The minimum absolute atomic E-state index is 0.0822. The SMILES string of the molecule is C=C/C(C)=C(\C=C(/CC1CCC1)C(=O)N1CCC(c2ccc(C)c(C)c2)CC1)C1=NNC(COC)N1. The van der Waals surface area contributed by atoms with Crippen molar-refractivity contribution < 1.29 is 9.53 Å². The van der Waals surface area contributed by atoms with Crippen molar-refractivity contribution in [3.05, 3.63) is 70.3 Å². The van der Waals surface area contributed by atoms with E-state index in [4.69, 9.17) is 4.74 Å². The van der Waals surface area contributed by atoms with Gasteiger partial charge in [-0.05, 0) is 80.2 Å². The lowest BCUT2D eigenvalue weighted by Gasteiger charge is -2.34. The first-order valence-electron chi connectivity index (χ1n) is 13.4. The number of hydrogen-bond donors (Lipinski definition) is 2. The van der Waals surface area contributed by atoms with E-state index in [9.17, 15) is 4.79 Å². The Kier molecular flexibility index (Phi) is 8.68. The average Bonchev–Trinajstić information content (AvgIpc) is 3.32. The average molecular weight is 491 g/mol. The minimum Gasteiger partial charge on any atom is -0.381 e. The minimum atomic E-state index is -0.0822. The molecule has 36 heavy (non-hydrogen) atoms. The molecule has 1 aromatic rings.